The average Bonchev–Trinajstić information content (AvgIpc) is 2.76. The van der Waals surface area contributed by atoms with Crippen molar-refractivity contribution in [3.05, 3.63) is 47.0 Å². The zero-order valence-corrected chi connectivity index (χ0v) is 11.1. The number of halogens is 2. The molecule has 0 radical (unpaired) electrons. The van der Waals surface area contributed by atoms with E-state index < -0.39 is 0 Å². The third-order valence-corrected chi connectivity index (χ3v) is 3.10. The summed E-state index contributed by atoms with van der Waals surface area (Å²) < 4.78 is 14.8. The van der Waals surface area contributed by atoms with E-state index in [1.54, 1.807) is 12.3 Å². The van der Waals surface area contributed by atoms with Gasteiger partial charge in [0.25, 0.3) is 0 Å². The molecule has 0 aliphatic rings. The molecule has 0 saturated heterocycles. The Bertz CT molecular complexity index is 539. The summed E-state index contributed by atoms with van der Waals surface area (Å²) in [7, 11) is 0. The third kappa shape index (κ3) is 2.82. The first-order valence-electron chi connectivity index (χ1n) is 5.84. The van der Waals surface area contributed by atoms with Gasteiger partial charge in [-0.05, 0) is 31.5 Å². The van der Waals surface area contributed by atoms with Gasteiger partial charge in [-0.3, -0.25) is 4.68 Å². The molecule has 1 aromatic carbocycles. The van der Waals surface area contributed by atoms with E-state index in [1.807, 2.05) is 24.7 Å². The van der Waals surface area contributed by atoms with Crippen LogP contribution in [-0.2, 0) is 6.54 Å². The highest BCUT2D eigenvalue weighted by Gasteiger charge is 2.11. The average molecular weight is 268 g/mol. The van der Waals surface area contributed by atoms with E-state index in [0.717, 1.165) is 17.8 Å². The molecule has 1 heterocycles. The van der Waals surface area contributed by atoms with Crippen LogP contribution >= 0.6 is 11.6 Å². The van der Waals surface area contributed by atoms with Crippen molar-refractivity contribution >= 4 is 17.3 Å². The SMILES string of the molecule is CCn1cc(NC(C)c2ccc(F)cc2Cl)cn1. The van der Waals surface area contributed by atoms with Gasteiger partial charge in [0, 0.05) is 17.8 Å². The second-order valence-corrected chi connectivity index (χ2v) is 4.52. The summed E-state index contributed by atoms with van der Waals surface area (Å²) in [4.78, 5) is 0. The topological polar surface area (TPSA) is 29.9 Å². The molecule has 18 heavy (non-hydrogen) atoms. The maximum Gasteiger partial charge on any atom is 0.124 e. The molecule has 0 aliphatic heterocycles. The number of hydrogen-bond donors (Lipinski definition) is 1. The molecule has 0 amide bonds. The first-order valence-corrected chi connectivity index (χ1v) is 6.22. The molecule has 1 aromatic heterocycles. The van der Waals surface area contributed by atoms with E-state index in [1.165, 1.54) is 12.1 Å². The van der Waals surface area contributed by atoms with Crippen LogP contribution in [0.1, 0.15) is 25.5 Å². The zero-order chi connectivity index (χ0) is 13.1. The Morgan fingerprint density at radius 2 is 2.28 bits per heavy atom. The summed E-state index contributed by atoms with van der Waals surface area (Å²) >= 11 is 6.02. The maximum absolute atomic E-state index is 13.0. The van der Waals surface area contributed by atoms with E-state index >= 15 is 0 Å². The minimum absolute atomic E-state index is 0.00685. The summed E-state index contributed by atoms with van der Waals surface area (Å²) in [6, 6.07) is 4.42. The quantitative estimate of drug-likeness (QED) is 0.911. The lowest BCUT2D eigenvalue weighted by molar-refractivity contribution is 0.626. The van der Waals surface area contributed by atoms with Gasteiger partial charge in [0.05, 0.1) is 17.9 Å². The monoisotopic (exact) mass is 267 g/mol. The predicted molar refractivity (Wildman–Crippen MR) is 71.3 cm³/mol. The second-order valence-electron chi connectivity index (χ2n) is 4.12. The molecule has 5 heteroatoms. The number of benzene rings is 1. The third-order valence-electron chi connectivity index (χ3n) is 2.77. The Morgan fingerprint density at radius 1 is 1.50 bits per heavy atom. The van der Waals surface area contributed by atoms with E-state index in [-0.39, 0.29) is 11.9 Å². The van der Waals surface area contributed by atoms with E-state index in [9.17, 15) is 4.39 Å². The molecular formula is C13H15ClFN3. The van der Waals surface area contributed by atoms with Crippen molar-refractivity contribution < 1.29 is 4.39 Å². The lowest BCUT2D eigenvalue weighted by Crippen LogP contribution is -2.06. The standard InChI is InChI=1S/C13H15ClFN3/c1-3-18-8-11(7-16-18)17-9(2)12-5-4-10(15)6-13(12)14/h4-9,17H,3H2,1-2H3. The van der Waals surface area contributed by atoms with Crippen LogP contribution in [-0.4, -0.2) is 9.78 Å². The van der Waals surface area contributed by atoms with Crippen LogP contribution in [0.15, 0.2) is 30.6 Å². The van der Waals surface area contributed by atoms with Crippen LogP contribution in [0.3, 0.4) is 0 Å². The molecule has 0 bridgehead atoms. The molecule has 3 nitrogen and oxygen atoms in total. The number of nitrogens with one attached hydrogen (secondary N) is 1. The van der Waals surface area contributed by atoms with E-state index in [4.69, 9.17) is 11.6 Å². The van der Waals surface area contributed by atoms with Crippen molar-refractivity contribution in [2.24, 2.45) is 0 Å². The highest BCUT2D eigenvalue weighted by Crippen LogP contribution is 2.26. The van der Waals surface area contributed by atoms with Gasteiger partial charge in [0.2, 0.25) is 0 Å². The number of nitrogens with zero attached hydrogens (tertiary/aromatic N) is 2. The highest BCUT2D eigenvalue weighted by molar-refractivity contribution is 6.31. The van der Waals surface area contributed by atoms with Crippen molar-refractivity contribution in [3.63, 3.8) is 0 Å². The van der Waals surface area contributed by atoms with Gasteiger partial charge in [0.1, 0.15) is 5.82 Å². The molecule has 96 valence electrons. The first kappa shape index (κ1) is 12.9. The Balaban J connectivity index is 2.13. The van der Waals surface area contributed by atoms with Gasteiger partial charge >= 0.3 is 0 Å². The molecule has 0 spiro atoms. The number of rotatable bonds is 4. The van der Waals surface area contributed by atoms with Gasteiger partial charge in [-0.25, -0.2) is 4.39 Å². The Kier molecular flexibility index (Phi) is 3.87. The maximum atomic E-state index is 13.0. The van der Waals surface area contributed by atoms with Crippen molar-refractivity contribution in [1.82, 2.24) is 9.78 Å². The first-order chi connectivity index (χ1) is 8.60. The van der Waals surface area contributed by atoms with Crippen LogP contribution in [0.4, 0.5) is 10.1 Å². The minimum Gasteiger partial charge on any atom is -0.376 e. The van der Waals surface area contributed by atoms with Crippen molar-refractivity contribution in [2.45, 2.75) is 26.4 Å². The normalized spacial score (nSPS) is 12.4. The fourth-order valence-corrected chi connectivity index (χ4v) is 2.12. The minimum atomic E-state index is -0.324. The molecular weight excluding hydrogens is 253 g/mol. The summed E-state index contributed by atoms with van der Waals surface area (Å²) in [5.41, 5.74) is 1.78. The predicted octanol–water partition coefficient (Wildman–Crippen LogP) is 3.87. The molecule has 1 atom stereocenters. The van der Waals surface area contributed by atoms with Crippen LogP contribution in [0.5, 0.6) is 0 Å². The van der Waals surface area contributed by atoms with Gasteiger partial charge in [0.15, 0.2) is 0 Å². The highest BCUT2D eigenvalue weighted by atomic mass is 35.5. The van der Waals surface area contributed by atoms with Crippen molar-refractivity contribution in [3.8, 4) is 0 Å². The van der Waals surface area contributed by atoms with Crippen molar-refractivity contribution in [1.29, 1.82) is 0 Å². The fraction of sp³-hybridized carbons (Fsp3) is 0.308. The molecule has 1 N–H and O–H groups in total. The number of aromatic nitrogens is 2. The number of aryl methyl sites for hydroxylation is 1. The molecule has 0 aliphatic carbocycles. The molecule has 0 saturated carbocycles. The number of anilines is 1. The Hall–Kier alpha value is -1.55. The van der Waals surface area contributed by atoms with Gasteiger partial charge in [-0.1, -0.05) is 17.7 Å². The smallest absolute Gasteiger partial charge is 0.124 e. The summed E-state index contributed by atoms with van der Waals surface area (Å²) in [6.45, 7) is 4.83. The van der Waals surface area contributed by atoms with E-state index in [2.05, 4.69) is 10.4 Å². The molecule has 0 fully saturated rings. The van der Waals surface area contributed by atoms with Crippen LogP contribution in [0.2, 0.25) is 5.02 Å². The Labute approximate surface area is 111 Å². The lowest BCUT2D eigenvalue weighted by atomic mass is 10.1. The second kappa shape index (κ2) is 5.40. The largest absolute Gasteiger partial charge is 0.376 e. The van der Waals surface area contributed by atoms with Crippen molar-refractivity contribution in [2.75, 3.05) is 5.32 Å². The lowest BCUT2D eigenvalue weighted by Gasteiger charge is -2.15. The zero-order valence-electron chi connectivity index (χ0n) is 10.3. The van der Waals surface area contributed by atoms with Crippen LogP contribution < -0.4 is 5.32 Å². The number of hydrogen-bond acceptors (Lipinski definition) is 2. The molecule has 2 aromatic rings. The fourth-order valence-electron chi connectivity index (χ4n) is 1.79. The summed E-state index contributed by atoms with van der Waals surface area (Å²) in [6.07, 6.45) is 3.69. The van der Waals surface area contributed by atoms with Gasteiger partial charge in [-0.2, -0.15) is 5.10 Å². The van der Waals surface area contributed by atoms with E-state index in [0.29, 0.717) is 5.02 Å². The molecule has 2 rings (SSSR count). The Morgan fingerprint density at radius 3 is 2.89 bits per heavy atom. The summed E-state index contributed by atoms with van der Waals surface area (Å²) in [5.74, 6) is -0.324. The summed E-state index contributed by atoms with van der Waals surface area (Å²) in [5, 5.41) is 7.89. The molecule has 1 unspecified atom stereocenters. The van der Waals surface area contributed by atoms with Gasteiger partial charge in [-0.15, -0.1) is 0 Å². The van der Waals surface area contributed by atoms with Crippen LogP contribution in [0, 0.1) is 5.82 Å². The van der Waals surface area contributed by atoms with Gasteiger partial charge < -0.3 is 5.32 Å². The van der Waals surface area contributed by atoms with Crippen LogP contribution in [0.25, 0.3) is 0 Å².